The second-order valence-corrected chi connectivity index (χ2v) is 3.05. The van der Waals surface area contributed by atoms with Crippen LogP contribution in [0.3, 0.4) is 0 Å². The molecule has 0 spiro atoms. The van der Waals surface area contributed by atoms with Crippen molar-refractivity contribution in [2.24, 2.45) is 0 Å². The molecule has 0 fully saturated rings. The first-order chi connectivity index (χ1) is 6.70. The average molecular weight is 206 g/mol. The van der Waals surface area contributed by atoms with Gasteiger partial charge in [0.05, 0.1) is 12.7 Å². The number of ether oxygens (including phenoxy) is 3. The normalized spacial score (nSPS) is 13.5. The molecule has 0 saturated carbocycles. The average Bonchev–Trinajstić information content (AvgIpc) is 2.12. The van der Waals surface area contributed by atoms with Gasteiger partial charge in [-0.05, 0) is 27.2 Å². The molecule has 0 aromatic carbocycles. The lowest BCUT2D eigenvalue weighted by Gasteiger charge is -2.17. The van der Waals surface area contributed by atoms with E-state index in [0.717, 1.165) is 0 Å². The number of aliphatic hydroxyl groups is 1. The molecule has 0 aromatic rings. The Morgan fingerprint density at radius 3 is 2.14 bits per heavy atom. The minimum absolute atomic E-state index is 0.279. The predicted molar refractivity (Wildman–Crippen MR) is 54.2 cm³/mol. The Balaban J connectivity index is 3.40. The maximum absolute atomic E-state index is 8.98. The van der Waals surface area contributed by atoms with Crippen LogP contribution in [0.4, 0.5) is 0 Å². The molecule has 0 heterocycles. The van der Waals surface area contributed by atoms with E-state index in [0.29, 0.717) is 32.8 Å². The van der Waals surface area contributed by atoms with Crippen LogP contribution in [0.5, 0.6) is 0 Å². The highest BCUT2D eigenvalue weighted by atomic mass is 16.7. The molecule has 0 radical (unpaired) electrons. The Morgan fingerprint density at radius 2 is 1.71 bits per heavy atom. The second kappa shape index (κ2) is 9.40. The van der Waals surface area contributed by atoms with Gasteiger partial charge in [-0.15, -0.1) is 0 Å². The van der Waals surface area contributed by atoms with Crippen molar-refractivity contribution >= 4 is 0 Å². The summed E-state index contributed by atoms with van der Waals surface area (Å²) in [6.45, 7) is 7.77. The maximum atomic E-state index is 8.98. The van der Waals surface area contributed by atoms with Crippen LogP contribution in [0, 0.1) is 0 Å². The summed E-state index contributed by atoms with van der Waals surface area (Å²) in [7, 11) is 0. The Morgan fingerprint density at radius 1 is 1.14 bits per heavy atom. The third-order valence-corrected chi connectivity index (χ3v) is 1.64. The number of hydrogen-bond donors (Lipinski definition) is 1. The highest BCUT2D eigenvalue weighted by Crippen LogP contribution is 1.98. The Kier molecular flexibility index (Phi) is 9.29. The van der Waals surface area contributed by atoms with E-state index in [9.17, 15) is 0 Å². The lowest BCUT2D eigenvalue weighted by atomic mass is 10.3. The SMILES string of the molecule is CCOC(COCCC(C)O)OCC. The van der Waals surface area contributed by atoms with E-state index < -0.39 is 0 Å². The lowest BCUT2D eigenvalue weighted by Crippen LogP contribution is -2.24. The Labute approximate surface area is 86.2 Å². The van der Waals surface area contributed by atoms with Gasteiger partial charge in [-0.3, -0.25) is 0 Å². The standard InChI is InChI=1S/C10H22O4/c1-4-13-10(14-5-2)8-12-7-6-9(3)11/h9-11H,4-8H2,1-3H3. The van der Waals surface area contributed by atoms with Gasteiger partial charge < -0.3 is 19.3 Å². The van der Waals surface area contributed by atoms with E-state index in [1.807, 2.05) is 13.8 Å². The van der Waals surface area contributed by atoms with E-state index in [1.54, 1.807) is 6.92 Å². The van der Waals surface area contributed by atoms with Crippen molar-refractivity contribution in [2.75, 3.05) is 26.4 Å². The van der Waals surface area contributed by atoms with Gasteiger partial charge in [0.2, 0.25) is 0 Å². The highest BCUT2D eigenvalue weighted by Gasteiger charge is 2.07. The van der Waals surface area contributed by atoms with E-state index in [-0.39, 0.29) is 12.4 Å². The summed E-state index contributed by atoms with van der Waals surface area (Å²) in [5.74, 6) is 0. The summed E-state index contributed by atoms with van der Waals surface area (Å²) in [6.07, 6.45) is 0.0527. The molecule has 0 rings (SSSR count). The van der Waals surface area contributed by atoms with Crippen molar-refractivity contribution in [3.8, 4) is 0 Å². The predicted octanol–water partition coefficient (Wildman–Crippen LogP) is 1.17. The van der Waals surface area contributed by atoms with Crippen molar-refractivity contribution in [2.45, 2.75) is 39.6 Å². The summed E-state index contributed by atoms with van der Waals surface area (Å²) in [5.41, 5.74) is 0. The zero-order valence-electron chi connectivity index (χ0n) is 9.36. The molecule has 0 aliphatic carbocycles. The van der Waals surface area contributed by atoms with Crippen LogP contribution in [0.2, 0.25) is 0 Å². The Bertz CT molecular complexity index is 111. The monoisotopic (exact) mass is 206 g/mol. The van der Waals surface area contributed by atoms with Crippen molar-refractivity contribution in [1.29, 1.82) is 0 Å². The first-order valence-corrected chi connectivity index (χ1v) is 5.19. The molecule has 0 aromatic heterocycles. The molecule has 86 valence electrons. The minimum Gasteiger partial charge on any atom is -0.393 e. The van der Waals surface area contributed by atoms with Crippen LogP contribution in [0.1, 0.15) is 27.2 Å². The van der Waals surface area contributed by atoms with Gasteiger partial charge in [0.1, 0.15) is 0 Å². The van der Waals surface area contributed by atoms with E-state index in [2.05, 4.69) is 0 Å². The van der Waals surface area contributed by atoms with E-state index in [4.69, 9.17) is 19.3 Å². The van der Waals surface area contributed by atoms with Crippen LogP contribution in [-0.4, -0.2) is 43.9 Å². The molecular weight excluding hydrogens is 184 g/mol. The fraction of sp³-hybridized carbons (Fsp3) is 1.00. The summed E-state index contributed by atoms with van der Waals surface area (Å²) in [4.78, 5) is 0. The molecule has 0 bridgehead atoms. The van der Waals surface area contributed by atoms with Gasteiger partial charge in [-0.2, -0.15) is 0 Å². The summed E-state index contributed by atoms with van der Waals surface area (Å²) >= 11 is 0. The highest BCUT2D eigenvalue weighted by molar-refractivity contribution is 4.46. The molecular formula is C10H22O4. The number of hydrogen-bond acceptors (Lipinski definition) is 4. The third kappa shape index (κ3) is 8.44. The van der Waals surface area contributed by atoms with Gasteiger partial charge in [0.15, 0.2) is 6.29 Å². The fourth-order valence-electron chi connectivity index (χ4n) is 0.950. The molecule has 1 atom stereocenters. The molecule has 1 unspecified atom stereocenters. The van der Waals surface area contributed by atoms with Crippen molar-refractivity contribution in [1.82, 2.24) is 0 Å². The number of rotatable bonds is 9. The van der Waals surface area contributed by atoms with E-state index >= 15 is 0 Å². The fourth-order valence-corrected chi connectivity index (χ4v) is 0.950. The summed E-state index contributed by atoms with van der Waals surface area (Å²) < 4.78 is 15.9. The van der Waals surface area contributed by atoms with Gasteiger partial charge in [-0.25, -0.2) is 0 Å². The zero-order valence-corrected chi connectivity index (χ0v) is 9.36. The first-order valence-electron chi connectivity index (χ1n) is 5.19. The van der Waals surface area contributed by atoms with Gasteiger partial charge in [0.25, 0.3) is 0 Å². The molecule has 0 amide bonds. The molecule has 0 aliphatic rings. The molecule has 0 aliphatic heterocycles. The van der Waals surface area contributed by atoms with E-state index in [1.165, 1.54) is 0 Å². The Hall–Kier alpha value is -0.160. The van der Waals surface area contributed by atoms with Crippen molar-refractivity contribution in [3.05, 3.63) is 0 Å². The van der Waals surface area contributed by atoms with Crippen molar-refractivity contribution < 1.29 is 19.3 Å². The third-order valence-electron chi connectivity index (χ3n) is 1.64. The van der Waals surface area contributed by atoms with Gasteiger partial charge in [-0.1, -0.05) is 0 Å². The quantitative estimate of drug-likeness (QED) is 0.454. The lowest BCUT2D eigenvalue weighted by molar-refractivity contribution is -0.168. The smallest absolute Gasteiger partial charge is 0.180 e. The first kappa shape index (κ1) is 13.8. The summed E-state index contributed by atoms with van der Waals surface area (Å²) in [5, 5.41) is 8.98. The van der Waals surface area contributed by atoms with Crippen LogP contribution >= 0.6 is 0 Å². The number of aliphatic hydroxyl groups excluding tert-OH is 1. The van der Waals surface area contributed by atoms with Crippen LogP contribution in [-0.2, 0) is 14.2 Å². The van der Waals surface area contributed by atoms with Crippen molar-refractivity contribution in [3.63, 3.8) is 0 Å². The molecule has 0 saturated heterocycles. The van der Waals surface area contributed by atoms with Crippen LogP contribution < -0.4 is 0 Å². The van der Waals surface area contributed by atoms with Gasteiger partial charge in [0, 0.05) is 19.8 Å². The largest absolute Gasteiger partial charge is 0.393 e. The molecule has 1 N–H and O–H groups in total. The molecule has 14 heavy (non-hydrogen) atoms. The topological polar surface area (TPSA) is 47.9 Å². The molecule has 4 nitrogen and oxygen atoms in total. The van der Waals surface area contributed by atoms with Crippen LogP contribution in [0.15, 0.2) is 0 Å². The summed E-state index contributed by atoms with van der Waals surface area (Å²) in [6, 6.07) is 0. The van der Waals surface area contributed by atoms with Gasteiger partial charge >= 0.3 is 0 Å². The minimum atomic E-state index is -0.312. The second-order valence-electron chi connectivity index (χ2n) is 3.05. The van der Waals surface area contributed by atoms with Crippen LogP contribution in [0.25, 0.3) is 0 Å². The zero-order chi connectivity index (χ0) is 10.8. The molecule has 4 heteroatoms. The maximum Gasteiger partial charge on any atom is 0.180 e.